The fraction of sp³-hybridized carbons (Fsp3) is 0.364. The third kappa shape index (κ3) is 4.70. The SMILES string of the molecule is Cc1cccc(C(=O)O[C@H](C)C(=O)Nc2ccc(N3CCOCC3)cc2)c1C. The zero-order chi connectivity index (χ0) is 20.1. The highest BCUT2D eigenvalue weighted by Gasteiger charge is 2.20. The Labute approximate surface area is 165 Å². The average molecular weight is 382 g/mol. The topological polar surface area (TPSA) is 67.9 Å². The van der Waals surface area contributed by atoms with Crippen molar-refractivity contribution in [3.8, 4) is 0 Å². The normalized spacial score (nSPS) is 15.0. The summed E-state index contributed by atoms with van der Waals surface area (Å²) < 4.78 is 10.7. The lowest BCUT2D eigenvalue weighted by atomic mass is 10.0. The minimum absolute atomic E-state index is 0.363. The summed E-state index contributed by atoms with van der Waals surface area (Å²) in [6, 6.07) is 13.1. The number of hydrogen-bond donors (Lipinski definition) is 1. The smallest absolute Gasteiger partial charge is 0.339 e. The summed E-state index contributed by atoms with van der Waals surface area (Å²) in [5.41, 5.74) is 4.10. The highest BCUT2D eigenvalue weighted by Crippen LogP contribution is 2.20. The Bertz CT molecular complexity index is 842. The summed E-state index contributed by atoms with van der Waals surface area (Å²) in [7, 11) is 0. The summed E-state index contributed by atoms with van der Waals surface area (Å²) in [6.45, 7) is 8.54. The molecule has 1 fully saturated rings. The first-order chi connectivity index (χ1) is 13.5. The first kappa shape index (κ1) is 19.9. The van der Waals surface area contributed by atoms with Gasteiger partial charge in [-0.15, -0.1) is 0 Å². The monoisotopic (exact) mass is 382 g/mol. The second-order valence-corrected chi connectivity index (χ2v) is 6.93. The lowest BCUT2D eigenvalue weighted by molar-refractivity contribution is -0.123. The molecule has 1 aliphatic rings. The number of benzene rings is 2. The van der Waals surface area contributed by atoms with Crippen LogP contribution in [0.3, 0.4) is 0 Å². The fourth-order valence-electron chi connectivity index (χ4n) is 3.07. The number of hydrogen-bond acceptors (Lipinski definition) is 5. The van der Waals surface area contributed by atoms with Crippen LogP contribution in [0.15, 0.2) is 42.5 Å². The van der Waals surface area contributed by atoms with E-state index < -0.39 is 12.1 Å². The van der Waals surface area contributed by atoms with Gasteiger partial charge in [0.25, 0.3) is 5.91 Å². The Kier molecular flexibility index (Phi) is 6.31. The van der Waals surface area contributed by atoms with Gasteiger partial charge < -0.3 is 19.7 Å². The molecule has 1 aliphatic heterocycles. The van der Waals surface area contributed by atoms with Crippen molar-refractivity contribution in [3.63, 3.8) is 0 Å². The third-order valence-electron chi connectivity index (χ3n) is 4.99. The molecular formula is C22H26N2O4. The van der Waals surface area contributed by atoms with Gasteiger partial charge in [0.2, 0.25) is 0 Å². The molecule has 0 spiro atoms. The predicted molar refractivity (Wildman–Crippen MR) is 109 cm³/mol. The number of carbonyl (C=O) groups excluding carboxylic acids is 2. The van der Waals surface area contributed by atoms with Gasteiger partial charge in [0.05, 0.1) is 18.8 Å². The van der Waals surface area contributed by atoms with Gasteiger partial charge in [-0.05, 0) is 62.2 Å². The number of ether oxygens (including phenoxy) is 2. The number of amides is 1. The molecule has 1 atom stereocenters. The van der Waals surface area contributed by atoms with E-state index in [1.165, 1.54) is 0 Å². The largest absolute Gasteiger partial charge is 0.449 e. The molecule has 1 amide bonds. The number of esters is 1. The van der Waals surface area contributed by atoms with Crippen LogP contribution in [0, 0.1) is 13.8 Å². The molecular weight excluding hydrogens is 356 g/mol. The number of carbonyl (C=O) groups is 2. The summed E-state index contributed by atoms with van der Waals surface area (Å²) in [6.07, 6.45) is -0.897. The van der Waals surface area contributed by atoms with Crippen LogP contribution in [0.2, 0.25) is 0 Å². The van der Waals surface area contributed by atoms with E-state index in [1.807, 2.05) is 44.2 Å². The maximum Gasteiger partial charge on any atom is 0.339 e. The number of nitrogens with one attached hydrogen (secondary N) is 1. The molecule has 2 aromatic rings. The summed E-state index contributed by atoms with van der Waals surface area (Å²) >= 11 is 0. The minimum Gasteiger partial charge on any atom is -0.449 e. The standard InChI is InChI=1S/C22H26N2O4/c1-15-5-4-6-20(16(15)2)22(26)28-17(3)21(25)23-18-7-9-19(10-8-18)24-11-13-27-14-12-24/h4-10,17H,11-14H2,1-3H3,(H,23,25)/t17-/m1/s1. The van der Waals surface area contributed by atoms with Gasteiger partial charge in [0.1, 0.15) is 0 Å². The Balaban J connectivity index is 1.57. The number of aryl methyl sites for hydroxylation is 1. The molecule has 0 aromatic heterocycles. The molecule has 0 bridgehead atoms. The van der Waals surface area contributed by atoms with Crippen LogP contribution in [0.5, 0.6) is 0 Å². The summed E-state index contributed by atoms with van der Waals surface area (Å²) in [5.74, 6) is -0.857. The van der Waals surface area contributed by atoms with Crippen molar-refractivity contribution >= 4 is 23.3 Å². The van der Waals surface area contributed by atoms with Crippen LogP contribution in [-0.4, -0.2) is 44.3 Å². The van der Waals surface area contributed by atoms with E-state index in [0.717, 1.165) is 43.1 Å². The fourth-order valence-corrected chi connectivity index (χ4v) is 3.07. The van der Waals surface area contributed by atoms with Crippen molar-refractivity contribution in [2.75, 3.05) is 36.5 Å². The maximum atomic E-state index is 12.4. The molecule has 6 heteroatoms. The van der Waals surface area contributed by atoms with Gasteiger partial charge in [-0.1, -0.05) is 12.1 Å². The Hall–Kier alpha value is -2.86. The molecule has 1 heterocycles. The first-order valence-corrected chi connectivity index (χ1v) is 9.46. The molecule has 2 aromatic carbocycles. The van der Waals surface area contributed by atoms with Crippen LogP contribution >= 0.6 is 0 Å². The van der Waals surface area contributed by atoms with Crippen LogP contribution < -0.4 is 10.2 Å². The molecule has 1 N–H and O–H groups in total. The van der Waals surface area contributed by atoms with E-state index in [2.05, 4.69) is 10.2 Å². The quantitative estimate of drug-likeness (QED) is 0.804. The zero-order valence-corrected chi connectivity index (χ0v) is 16.5. The van der Waals surface area contributed by atoms with Crippen molar-refractivity contribution in [2.24, 2.45) is 0 Å². The first-order valence-electron chi connectivity index (χ1n) is 9.46. The van der Waals surface area contributed by atoms with Gasteiger partial charge in [-0.3, -0.25) is 4.79 Å². The Morgan fingerprint density at radius 1 is 1.07 bits per heavy atom. The molecule has 3 rings (SSSR count). The predicted octanol–water partition coefficient (Wildman–Crippen LogP) is 3.32. The van der Waals surface area contributed by atoms with Crippen molar-refractivity contribution in [3.05, 3.63) is 59.2 Å². The summed E-state index contributed by atoms with van der Waals surface area (Å²) in [4.78, 5) is 27.0. The molecule has 0 unspecified atom stereocenters. The van der Waals surface area contributed by atoms with E-state index >= 15 is 0 Å². The zero-order valence-electron chi connectivity index (χ0n) is 16.5. The molecule has 6 nitrogen and oxygen atoms in total. The van der Waals surface area contributed by atoms with E-state index in [4.69, 9.17) is 9.47 Å². The van der Waals surface area contributed by atoms with Crippen molar-refractivity contribution < 1.29 is 19.1 Å². The molecule has 0 radical (unpaired) electrons. The van der Waals surface area contributed by atoms with Crippen molar-refractivity contribution in [2.45, 2.75) is 26.9 Å². The Morgan fingerprint density at radius 2 is 1.75 bits per heavy atom. The lowest BCUT2D eigenvalue weighted by Gasteiger charge is -2.28. The minimum atomic E-state index is -0.897. The highest BCUT2D eigenvalue weighted by atomic mass is 16.5. The van der Waals surface area contributed by atoms with E-state index in [0.29, 0.717) is 11.3 Å². The van der Waals surface area contributed by atoms with Crippen molar-refractivity contribution in [1.29, 1.82) is 0 Å². The maximum absolute atomic E-state index is 12.4. The van der Waals surface area contributed by atoms with Crippen LogP contribution in [-0.2, 0) is 14.3 Å². The molecule has 0 saturated carbocycles. The average Bonchev–Trinajstić information content (AvgIpc) is 2.71. The van der Waals surface area contributed by atoms with E-state index in [9.17, 15) is 9.59 Å². The highest BCUT2D eigenvalue weighted by molar-refractivity contribution is 5.98. The summed E-state index contributed by atoms with van der Waals surface area (Å²) in [5, 5.41) is 2.80. The molecule has 148 valence electrons. The van der Waals surface area contributed by atoms with Crippen molar-refractivity contribution in [1.82, 2.24) is 0 Å². The molecule has 28 heavy (non-hydrogen) atoms. The number of rotatable bonds is 5. The number of anilines is 2. The van der Waals surface area contributed by atoms with E-state index in [1.54, 1.807) is 19.1 Å². The Morgan fingerprint density at radius 3 is 2.43 bits per heavy atom. The molecule has 1 saturated heterocycles. The van der Waals surface area contributed by atoms with Crippen LogP contribution in [0.1, 0.15) is 28.4 Å². The van der Waals surface area contributed by atoms with Crippen LogP contribution in [0.4, 0.5) is 11.4 Å². The second-order valence-electron chi connectivity index (χ2n) is 6.93. The molecule has 0 aliphatic carbocycles. The van der Waals surface area contributed by atoms with Gasteiger partial charge in [-0.25, -0.2) is 4.79 Å². The van der Waals surface area contributed by atoms with Gasteiger partial charge in [-0.2, -0.15) is 0 Å². The van der Waals surface area contributed by atoms with Gasteiger partial charge in [0, 0.05) is 24.5 Å². The number of nitrogens with zero attached hydrogens (tertiary/aromatic N) is 1. The van der Waals surface area contributed by atoms with Gasteiger partial charge in [0.15, 0.2) is 6.10 Å². The lowest BCUT2D eigenvalue weighted by Crippen LogP contribution is -2.36. The van der Waals surface area contributed by atoms with E-state index in [-0.39, 0.29) is 5.91 Å². The second kappa shape index (κ2) is 8.89. The van der Waals surface area contributed by atoms with Gasteiger partial charge >= 0.3 is 5.97 Å². The third-order valence-corrected chi connectivity index (χ3v) is 4.99. The number of morpholine rings is 1. The van der Waals surface area contributed by atoms with Crippen LogP contribution in [0.25, 0.3) is 0 Å².